The predicted octanol–water partition coefficient (Wildman–Crippen LogP) is 2.82. The van der Waals surface area contributed by atoms with E-state index in [-0.39, 0.29) is 42.8 Å². The van der Waals surface area contributed by atoms with Crippen molar-refractivity contribution in [3.05, 3.63) is 70.3 Å². The fourth-order valence-electron chi connectivity index (χ4n) is 2.56. The first-order valence-electron chi connectivity index (χ1n) is 8.50. The Hall–Kier alpha value is -2.64. The molecular weight excluding hydrogens is 370 g/mol. The van der Waals surface area contributed by atoms with Gasteiger partial charge in [0.15, 0.2) is 5.75 Å². The number of para-hydroxylation sites is 2. The van der Waals surface area contributed by atoms with Gasteiger partial charge in [-0.2, -0.15) is 0 Å². The van der Waals surface area contributed by atoms with Crippen LogP contribution in [-0.4, -0.2) is 42.0 Å². The zero-order chi connectivity index (χ0) is 18.8. The number of hydrogen-bond donors (Lipinski definition) is 1. The maximum atomic E-state index is 12.4. The molecule has 27 heavy (non-hydrogen) atoms. The molecule has 0 aliphatic carbocycles. The number of halogens is 1. The van der Waals surface area contributed by atoms with Crippen molar-refractivity contribution in [3.8, 4) is 5.75 Å². The highest BCUT2D eigenvalue weighted by Gasteiger charge is 2.16. The standard InChI is InChI=1S/C19H23N3O4.ClH/c20-12-14-21(13-10-16-6-2-1-3-7-16)19(23)11-15-26-18-9-5-4-8-17(18)22(24)25;/h1-9H,10-15,20H2;1H. The Morgan fingerprint density at radius 2 is 1.74 bits per heavy atom. The molecule has 0 aromatic heterocycles. The van der Waals surface area contributed by atoms with Crippen LogP contribution < -0.4 is 10.5 Å². The lowest BCUT2D eigenvalue weighted by molar-refractivity contribution is -0.385. The average molecular weight is 394 g/mol. The average Bonchev–Trinajstić information content (AvgIpc) is 2.66. The van der Waals surface area contributed by atoms with Gasteiger partial charge in [-0.05, 0) is 18.1 Å². The van der Waals surface area contributed by atoms with Crippen molar-refractivity contribution in [3.63, 3.8) is 0 Å². The Bertz CT molecular complexity index is 728. The highest BCUT2D eigenvalue weighted by atomic mass is 35.5. The van der Waals surface area contributed by atoms with Gasteiger partial charge < -0.3 is 15.4 Å². The van der Waals surface area contributed by atoms with Crippen LogP contribution in [0.4, 0.5) is 5.69 Å². The zero-order valence-corrected chi connectivity index (χ0v) is 15.8. The summed E-state index contributed by atoms with van der Waals surface area (Å²) in [6.45, 7) is 1.50. The van der Waals surface area contributed by atoms with E-state index < -0.39 is 4.92 Å². The molecule has 8 heteroatoms. The van der Waals surface area contributed by atoms with Crippen molar-refractivity contribution in [2.24, 2.45) is 5.73 Å². The monoisotopic (exact) mass is 393 g/mol. The Balaban J connectivity index is 0.00000364. The van der Waals surface area contributed by atoms with Crippen LogP contribution in [0.5, 0.6) is 5.75 Å². The summed E-state index contributed by atoms with van der Waals surface area (Å²) in [5, 5.41) is 11.0. The number of amides is 1. The molecule has 2 aromatic carbocycles. The van der Waals surface area contributed by atoms with Gasteiger partial charge in [0.1, 0.15) is 0 Å². The first-order valence-corrected chi connectivity index (χ1v) is 8.50. The second kappa shape index (κ2) is 11.9. The molecule has 0 saturated heterocycles. The number of benzene rings is 2. The van der Waals surface area contributed by atoms with Crippen LogP contribution in [0.15, 0.2) is 54.6 Å². The normalized spacial score (nSPS) is 9.96. The number of rotatable bonds is 10. The molecule has 0 saturated carbocycles. The Morgan fingerprint density at radius 3 is 2.41 bits per heavy atom. The number of nitro benzene ring substituents is 1. The van der Waals surface area contributed by atoms with Gasteiger partial charge in [0.25, 0.3) is 0 Å². The third-order valence-electron chi connectivity index (χ3n) is 3.90. The summed E-state index contributed by atoms with van der Waals surface area (Å²) in [7, 11) is 0. The van der Waals surface area contributed by atoms with E-state index >= 15 is 0 Å². The van der Waals surface area contributed by atoms with Gasteiger partial charge in [0.05, 0.1) is 18.0 Å². The summed E-state index contributed by atoms with van der Waals surface area (Å²) in [6, 6.07) is 16.0. The van der Waals surface area contributed by atoms with Crippen molar-refractivity contribution in [2.45, 2.75) is 12.8 Å². The molecule has 7 nitrogen and oxygen atoms in total. The molecule has 0 bridgehead atoms. The van der Waals surface area contributed by atoms with E-state index in [0.29, 0.717) is 19.6 Å². The van der Waals surface area contributed by atoms with E-state index in [4.69, 9.17) is 10.5 Å². The number of nitrogens with zero attached hydrogens (tertiary/aromatic N) is 2. The van der Waals surface area contributed by atoms with Crippen molar-refractivity contribution in [1.82, 2.24) is 4.90 Å². The van der Waals surface area contributed by atoms with Crippen LogP contribution in [0.1, 0.15) is 12.0 Å². The van der Waals surface area contributed by atoms with Gasteiger partial charge in [-0.25, -0.2) is 0 Å². The van der Waals surface area contributed by atoms with Gasteiger partial charge in [-0.3, -0.25) is 14.9 Å². The minimum Gasteiger partial charge on any atom is -0.486 e. The lowest BCUT2D eigenvalue weighted by Crippen LogP contribution is -2.37. The minimum absolute atomic E-state index is 0. The molecular formula is C19H24ClN3O4. The Labute approximate surface area is 164 Å². The van der Waals surface area contributed by atoms with Crippen molar-refractivity contribution >= 4 is 24.0 Å². The molecule has 0 fully saturated rings. The van der Waals surface area contributed by atoms with Gasteiger partial charge >= 0.3 is 5.69 Å². The molecule has 0 aliphatic heterocycles. The summed E-state index contributed by atoms with van der Waals surface area (Å²) in [5.41, 5.74) is 6.65. The SMILES string of the molecule is Cl.NCCN(CCc1ccccc1)C(=O)CCOc1ccccc1[N+](=O)[O-]. The van der Waals surface area contributed by atoms with E-state index in [9.17, 15) is 14.9 Å². The number of nitrogens with two attached hydrogens (primary N) is 1. The third kappa shape index (κ3) is 7.24. The number of carbonyl (C=O) groups is 1. The number of nitro groups is 1. The van der Waals surface area contributed by atoms with Crippen molar-refractivity contribution in [1.29, 1.82) is 0 Å². The molecule has 0 aliphatic rings. The van der Waals surface area contributed by atoms with Crippen molar-refractivity contribution in [2.75, 3.05) is 26.2 Å². The largest absolute Gasteiger partial charge is 0.486 e. The summed E-state index contributed by atoms with van der Waals surface area (Å²) >= 11 is 0. The van der Waals surface area contributed by atoms with Crippen LogP contribution in [-0.2, 0) is 11.2 Å². The second-order valence-corrected chi connectivity index (χ2v) is 5.73. The second-order valence-electron chi connectivity index (χ2n) is 5.73. The van der Waals surface area contributed by atoms with E-state index in [1.807, 2.05) is 30.3 Å². The first kappa shape index (κ1) is 22.4. The van der Waals surface area contributed by atoms with Crippen LogP contribution >= 0.6 is 12.4 Å². The van der Waals surface area contributed by atoms with Crippen LogP contribution in [0.25, 0.3) is 0 Å². The molecule has 0 heterocycles. The Kier molecular flexibility index (Phi) is 9.85. The molecule has 2 N–H and O–H groups in total. The molecule has 0 atom stereocenters. The van der Waals surface area contributed by atoms with Gasteiger partial charge in [-0.15, -0.1) is 12.4 Å². The van der Waals surface area contributed by atoms with Crippen molar-refractivity contribution < 1.29 is 14.5 Å². The predicted molar refractivity (Wildman–Crippen MR) is 106 cm³/mol. The summed E-state index contributed by atoms with van der Waals surface area (Å²) < 4.78 is 5.44. The molecule has 0 radical (unpaired) electrons. The maximum absolute atomic E-state index is 12.4. The fourth-order valence-corrected chi connectivity index (χ4v) is 2.56. The summed E-state index contributed by atoms with van der Waals surface area (Å²) in [4.78, 5) is 24.6. The molecule has 2 aromatic rings. The summed E-state index contributed by atoms with van der Waals surface area (Å²) in [5.74, 6) is 0.0879. The molecule has 0 unspecified atom stereocenters. The van der Waals surface area contributed by atoms with Crippen LogP contribution in [0.2, 0.25) is 0 Å². The lowest BCUT2D eigenvalue weighted by Gasteiger charge is -2.22. The highest BCUT2D eigenvalue weighted by Crippen LogP contribution is 2.25. The quantitative estimate of drug-likeness (QED) is 0.494. The molecule has 0 spiro atoms. The minimum atomic E-state index is -0.502. The number of carbonyl (C=O) groups excluding carboxylic acids is 1. The summed E-state index contributed by atoms with van der Waals surface area (Å²) in [6.07, 6.45) is 0.887. The van der Waals surface area contributed by atoms with E-state index in [1.165, 1.54) is 12.1 Å². The smallest absolute Gasteiger partial charge is 0.310 e. The fraction of sp³-hybridized carbons (Fsp3) is 0.316. The van der Waals surface area contributed by atoms with E-state index in [0.717, 1.165) is 12.0 Å². The van der Waals surface area contributed by atoms with Gasteiger partial charge in [-0.1, -0.05) is 42.5 Å². The van der Waals surface area contributed by atoms with Gasteiger partial charge in [0.2, 0.25) is 5.91 Å². The van der Waals surface area contributed by atoms with E-state index in [1.54, 1.807) is 17.0 Å². The Morgan fingerprint density at radius 1 is 1.07 bits per heavy atom. The first-order chi connectivity index (χ1) is 12.6. The van der Waals surface area contributed by atoms with Crippen LogP contribution in [0, 0.1) is 10.1 Å². The highest BCUT2D eigenvalue weighted by molar-refractivity contribution is 5.85. The molecule has 1 amide bonds. The van der Waals surface area contributed by atoms with Gasteiger partial charge in [0, 0.05) is 25.7 Å². The topological polar surface area (TPSA) is 98.7 Å². The number of hydrogen-bond acceptors (Lipinski definition) is 5. The third-order valence-corrected chi connectivity index (χ3v) is 3.90. The van der Waals surface area contributed by atoms with Crippen LogP contribution in [0.3, 0.4) is 0 Å². The van der Waals surface area contributed by atoms with E-state index in [2.05, 4.69) is 0 Å². The maximum Gasteiger partial charge on any atom is 0.310 e. The molecule has 146 valence electrons. The lowest BCUT2D eigenvalue weighted by atomic mass is 10.1. The zero-order valence-electron chi connectivity index (χ0n) is 15.0. The molecule has 2 rings (SSSR count). The number of ether oxygens (including phenoxy) is 1.